The lowest BCUT2D eigenvalue weighted by Crippen LogP contribution is -2.46. The lowest BCUT2D eigenvalue weighted by Gasteiger charge is -2.37. The van der Waals surface area contributed by atoms with Crippen LogP contribution in [0.25, 0.3) is 0 Å². The second kappa shape index (κ2) is 7.97. The summed E-state index contributed by atoms with van der Waals surface area (Å²) in [6, 6.07) is 3.73. The van der Waals surface area contributed by atoms with Gasteiger partial charge in [0.25, 0.3) is 5.91 Å². The molecule has 2 fully saturated rings. The van der Waals surface area contributed by atoms with Crippen LogP contribution in [0.3, 0.4) is 0 Å². The molecule has 1 saturated heterocycles. The maximum Gasteiger partial charge on any atom is 0.254 e. The van der Waals surface area contributed by atoms with Crippen molar-refractivity contribution < 1.29 is 14.6 Å². The molecule has 0 bridgehead atoms. The van der Waals surface area contributed by atoms with E-state index in [0.29, 0.717) is 18.0 Å². The average molecular weight is 332 g/mol. The molecule has 1 aliphatic carbocycles. The number of likely N-dealkylation sites (tertiary alicyclic amines) is 1. The van der Waals surface area contributed by atoms with Gasteiger partial charge in [-0.2, -0.15) is 0 Å². The first-order chi connectivity index (χ1) is 11.7. The molecule has 1 saturated carbocycles. The summed E-state index contributed by atoms with van der Waals surface area (Å²) in [4.78, 5) is 19.0. The fourth-order valence-electron chi connectivity index (χ4n) is 3.74. The van der Waals surface area contributed by atoms with Crippen molar-refractivity contribution in [3.8, 4) is 5.88 Å². The molecule has 2 atom stereocenters. The third kappa shape index (κ3) is 4.07. The van der Waals surface area contributed by atoms with Crippen LogP contribution in [0.5, 0.6) is 5.88 Å². The van der Waals surface area contributed by atoms with Gasteiger partial charge in [0.05, 0.1) is 0 Å². The van der Waals surface area contributed by atoms with Crippen molar-refractivity contribution in [2.75, 3.05) is 13.2 Å². The molecule has 3 rings (SSSR count). The minimum atomic E-state index is 0.0107. The van der Waals surface area contributed by atoms with Gasteiger partial charge in [0.2, 0.25) is 5.88 Å². The summed E-state index contributed by atoms with van der Waals surface area (Å²) in [5, 5.41) is 9.41. The molecule has 1 N–H and O–H groups in total. The predicted octanol–water partition coefficient (Wildman–Crippen LogP) is 3.03. The molecule has 0 aromatic carbocycles. The molecule has 1 aliphatic heterocycles. The van der Waals surface area contributed by atoms with Gasteiger partial charge in [0.1, 0.15) is 6.10 Å². The van der Waals surface area contributed by atoms with E-state index in [1.54, 1.807) is 18.3 Å². The summed E-state index contributed by atoms with van der Waals surface area (Å²) < 4.78 is 5.98. The molecule has 0 spiro atoms. The van der Waals surface area contributed by atoms with Crippen molar-refractivity contribution >= 4 is 5.91 Å². The van der Waals surface area contributed by atoms with Crippen LogP contribution < -0.4 is 4.74 Å². The summed E-state index contributed by atoms with van der Waals surface area (Å²) in [5.74, 6) is 0.748. The Kier molecular flexibility index (Phi) is 5.72. The van der Waals surface area contributed by atoms with E-state index >= 15 is 0 Å². The Morgan fingerprint density at radius 3 is 2.83 bits per heavy atom. The number of aromatic nitrogens is 1. The van der Waals surface area contributed by atoms with Crippen LogP contribution in [0.1, 0.15) is 62.2 Å². The van der Waals surface area contributed by atoms with Gasteiger partial charge in [0, 0.05) is 37.0 Å². The number of pyridine rings is 1. The Labute approximate surface area is 144 Å². The van der Waals surface area contributed by atoms with Crippen molar-refractivity contribution in [2.24, 2.45) is 5.92 Å². The average Bonchev–Trinajstić information content (AvgIpc) is 2.63. The maximum atomic E-state index is 12.9. The van der Waals surface area contributed by atoms with Crippen LogP contribution in [0.2, 0.25) is 0 Å². The summed E-state index contributed by atoms with van der Waals surface area (Å²) in [5.41, 5.74) is 0.626. The largest absolute Gasteiger partial charge is 0.474 e. The molecule has 1 aromatic heterocycles. The van der Waals surface area contributed by atoms with Gasteiger partial charge in [-0.25, -0.2) is 4.98 Å². The van der Waals surface area contributed by atoms with Crippen LogP contribution in [0, 0.1) is 5.92 Å². The molecule has 5 nitrogen and oxygen atoms in total. The third-order valence-electron chi connectivity index (χ3n) is 5.32. The highest BCUT2D eigenvalue weighted by Crippen LogP contribution is 2.25. The summed E-state index contributed by atoms with van der Waals surface area (Å²) >= 11 is 0. The number of aliphatic hydroxyl groups excluding tert-OH is 1. The Hall–Kier alpha value is -1.62. The monoisotopic (exact) mass is 332 g/mol. The number of amides is 1. The van der Waals surface area contributed by atoms with Gasteiger partial charge in [-0.05, 0) is 57.4 Å². The molecule has 1 aromatic rings. The first-order valence-corrected chi connectivity index (χ1v) is 9.22. The van der Waals surface area contributed by atoms with E-state index in [1.807, 2.05) is 4.90 Å². The molecule has 2 unspecified atom stereocenters. The molecule has 5 heteroatoms. The topological polar surface area (TPSA) is 62.7 Å². The number of nitrogens with zero attached hydrogens (tertiary/aromatic N) is 2. The summed E-state index contributed by atoms with van der Waals surface area (Å²) in [6.45, 7) is 2.84. The Morgan fingerprint density at radius 2 is 2.08 bits per heavy atom. The highest BCUT2D eigenvalue weighted by Gasteiger charge is 2.29. The van der Waals surface area contributed by atoms with Crippen LogP contribution in [-0.4, -0.2) is 46.2 Å². The zero-order valence-corrected chi connectivity index (χ0v) is 14.5. The van der Waals surface area contributed by atoms with Gasteiger partial charge in [-0.3, -0.25) is 4.79 Å². The number of aliphatic hydroxyl groups is 1. The van der Waals surface area contributed by atoms with Gasteiger partial charge >= 0.3 is 0 Å². The molecule has 0 radical (unpaired) electrons. The van der Waals surface area contributed by atoms with Gasteiger partial charge < -0.3 is 14.7 Å². The number of hydrogen-bond donors (Lipinski definition) is 1. The molecule has 2 aliphatic rings. The van der Waals surface area contributed by atoms with Crippen molar-refractivity contribution in [2.45, 2.75) is 64.0 Å². The fraction of sp³-hybridized carbons (Fsp3) is 0.684. The van der Waals surface area contributed by atoms with E-state index in [2.05, 4.69) is 11.9 Å². The highest BCUT2D eigenvalue weighted by atomic mass is 16.5. The molecular weight excluding hydrogens is 304 g/mol. The Balaban J connectivity index is 1.69. The lowest BCUT2D eigenvalue weighted by molar-refractivity contribution is 0.0487. The van der Waals surface area contributed by atoms with Crippen LogP contribution in [0.4, 0.5) is 0 Å². The van der Waals surface area contributed by atoms with Crippen LogP contribution in [-0.2, 0) is 0 Å². The predicted molar refractivity (Wildman–Crippen MR) is 92.0 cm³/mol. The fourth-order valence-corrected chi connectivity index (χ4v) is 3.74. The van der Waals surface area contributed by atoms with E-state index in [1.165, 1.54) is 19.3 Å². The molecule has 24 heavy (non-hydrogen) atoms. The molecule has 132 valence electrons. The zero-order chi connectivity index (χ0) is 16.9. The van der Waals surface area contributed by atoms with Crippen molar-refractivity contribution in [1.82, 2.24) is 9.88 Å². The SMILES string of the molecule is CC1CCC(CO)CN1C(=O)c1ccnc(OC2CCCCC2)c1. The second-order valence-electron chi connectivity index (χ2n) is 7.19. The van der Waals surface area contributed by atoms with Crippen molar-refractivity contribution in [1.29, 1.82) is 0 Å². The van der Waals surface area contributed by atoms with E-state index in [0.717, 1.165) is 25.7 Å². The lowest BCUT2D eigenvalue weighted by atomic mass is 9.93. The number of ether oxygens (including phenoxy) is 1. The van der Waals surface area contributed by atoms with Gasteiger partial charge in [-0.1, -0.05) is 6.42 Å². The van der Waals surface area contributed by atoms with Crippen molar-refractivity contribution in [3.05, 3.63) is 23.9 Å². The van der Waals surface area contributed by atoms with Gasteiger partial charge in [0.15, 0.2) is 0 Å². The smallest absolute Gasteiger partial charge is 0.254 e. The number of carbonyl (C=O) groups is 1. The van der Waals surface area contributed by atoms with E-state index in [9.17, 15) is 9.90 Å². The zero-order valence-electron chi connectivity index (χ0n) is 14.5. The number of rotatable bonds is 4. The first kappa shape index (κ1) is 17.2. The first-order valence-electron chi connectivity index (χ1n) is 9.22. The second-order valence-corrected chi connectivity index (χ2v) is 7.19. The minimum Gasteiger partial charge on any atom is -0.474 e. The minimum absolute atomic E-state index is 0.0107. The standard InChI is InChI=1S/C19H28N2O3/c1-14-7-8-15(13-22)12-21(14)19(23)16-9-10-20-18(11-16)24-17-5-3-2-4-6-17/h9-11,14-15,17,22H,2-8,12-13H2,1H3. The Morgan fingerprint density at radius 1 is 1.29 bits per heavy atom. The summed E-state index contributed by atoms with van der Waals surface area (Å²) in [7, 11) is 0. The van der Waals surface area contributed by atoms with Crippen LogP contribution in [0.15, 0.2) is 18.3 Å². The number of hydrogen-bond acceptors (Lipinski definition) is 4. The third-order valence-corrected chi connectivity index (χ3v) is 5.32. The quantitative estimate of drug-likeness (QED) is 0.920. The van der Waals surface area contributed by atoms with Crippen molar-refractivity contribution in [3.63, 3.8) is 0 Å². The molecule has 2 heterocycles. The highest BCUT2D eigenvalue weighted by molar-refractivity contribution is 5.94. The van der Waals surface area contributed by atoms with E-state index in [4.69, 9.17) is 4.74 Å². The number of carbonyl (C=O) groups excluding carboxylic acids is 1. The number of piperidine rings is 1. The van der Waals surface area contributed by atoms with E-state index < -0.39 is 0 Å². The normalized spacial score (nSPS) is 25.5. The summed E-state index contributed by atoms with van der Waals surface area (Å²) in [6.07, 6.45) is 9.64. The molecule has 1 amide bonds. The Bertz CT molecular complexity index is 557. The molecular formula is C19H28N2O3. The van der Waals surface area contributed by atoms with Gasteiger partial charge in [-0.15, -0.1) is 0 Å². The maximum absolute atomic E-state index is 12.9. The van der Waals surface area contributed by atoms with Crippen LogP contribution >= 0.6 is 0 Å². The van der Waals surface area contributed by atoms with E-state index in [-0.39, 0.29) is 30.6 Å².